The number of carbonyl (C=O) groups is 1. The SMILES string of the molecule is COc1cc(C(=O)N(CC(C)C)c2c(N)n(CC(C)C)c(=O)[nH]c2=O)ccc1OC(F)F. The number of amides is 1. The van der Waals surface area contributed by atoms with Crippen molar-refractivity contribution in [3.8, 4) is 11.5 Å². The highest BCUT2D eigenvalue weighted by Gasteiger charge is 2.27. The normalized spacial score (nSPS) is 11.3. The molecule has 0 aliphatic rings. The molecule has 1 heterocycles. The molecule has 0 saturated heterocycles. The Hall–Kier alpha value is -3.37. The van der Waals surface area contributed by atoms with E-state index >= 15 is 0 Å². The standard InChI is InChI=1S/C21H28F2N4O5/c1-11(2)9-26(16-17(24)27(10-12(3)4)21(30)25-18(16)28)19(29)13-6-7-14(32-20(22)23)15(8-13)31-5/h6-8,11-12,20H,9-10,24H2,1-5H3,(H,25,28,30). The van der Waals surface area contributed by atoms with Crippen molar-refractivity contribution in [2.75, 3.05) is 24.3 Å². The summed E-state index contributed by atoms with van der Waals surface area (Å²) < 4.78 is 35.9. The van der Waals surface area contributed by atoms with Gasteiger partial charge >= 0.3 is 12.3 Å². The Balaban J connectivity index is 2.62. The van der Waals surface area contributed by atoms with Gasteiger partial charge in [-0.25, -0.2) is 4.79 Å². The summed E-state index contributed by atoms with van der Waals surface area (Å²) in [6.45, 7) is 4.73. The fraction of sp³-hybridized carbons (Fsp3) is 0.476. The first kappa shape index (κ1) is 24.9. The minimum absolute atomic E-state index is 0.0506. The molecule has 2 rings (SSSR count). The van der Waals surface area contributed by atoms with Crippen LogP contribution >= 0.6 is 0 Å². The first-order chi connectivity index (χ1) is 15.0. The average molecular weight is 454 g/mol. The van der Waals surface area contributed by atoms with Crippen LogP contribution in [0.1, 0.15) is 38.1 Å². The largest absolute Gasteiger partial charge is 0.493 e. The van der Waals surface area contributed by atoms with Gasteiger partial charge in [0, 0.05) is 18.7 Å². The van der Waals surface area contributed by atoms with E-state index in [0.717, 1.165) is 0 Å². The quantitative estimate of drug-likeness (QED) is 0.601. The third-order valence-corrected chi connectivity index (χ3v) is 4.45. The predicted molar refractivity (Wildman–Crippen MR) is 117 cm³/mol. The number of nitrogens with two attached hydrogens (primary N) is 1. The lowest BCUT2D eigenvalue weighted by Crippen LogP contribution is -2.43. The van der Waals surface area contributed by atoms with Gasteiger partial charge in [-0.15, -0.1) is 0 Å². The fourth-order valence-corrected chi connectivity index (χ4v) is 3.18. The highest BCUT2D eigenvalue weighted by Crippen LogP contribution is 2.31. The first-order valence-electron chi connectivity index (χ1n) is 10.0. The number of rotatable bonds is 9. The summed E-state index contributed by atoms with van der Waals surface area (Å²) in [5.41, 5.74) is 4.62. The molecule has 0 aliphatic heterocycles. The van der Waals surface area contributed by atoms with E-state index in [4.69, 9.17) is 10.5 Å². The molecule has 0 fully saturated rings. The molecule has 0 spiro atoms. The van der Waals surface area contributed by atoms with Crippen molar-refractivity contribution in [1.29, 1.82) is 0 Å². The van der Waals surface area contributed by atoms with Crippen LogP contribution in [0.4, 0.5) is 20.3 Å². The number of carbonyl (C=O) groups excluding carboxylic acids is 1. The van der Waals surface area contributed by atoms with Crippen molar-refractivity contribution in [3.63, 3.8) is 0 Å². The minimum Gasteiger partial charge on any atom is -0.493 e. The van der Waals surface area contributed by atoms with Gasteiger partial charge in [0.1, 0.15) is 5.82 Å². The summed E-state index contributed by atoms with van der Waals surface area (Å²) in [5, 5.41) is 0. The van der Waals surface area contributed by atoms with Gasteiger partial charge in [-0.05, 0) is 30.0 Å². The Morgan fingerprint density at radius 3 is 2.34 bits per heavy atom. The molecule has 0 bridgehead atoms. The molecule has 176 valence electrons. The summed E-state index contributed by atoms with van der Waals surface area (Å²) in [7, 11) is 1.25. The summed E-state index contributed by atoms with van der Waals surface area (Å²) in [5.74, 6) is -1.08. The zero-order valence-electron chi connectivity index (χ0n) is 18.6. The molecule has 3 N–H and O–H groups in total. The highest BCUT2D eigenvalue weighted by atomic mass is 19.3. The Bertz CT molecular complexity index is 1080. The topological polar surface area (TPSA) is 120 Å². The van der Waals surface area contributed by atoms with E-state index in [1.165, 1.54) is 34.8 Å². The summed E-state index contributed by atoms with van der Waals surface area (Å²) in [6.07, 6.45) is 0. The third kappa shape index (κ3) is 5.65. The van der Waals surface area contributed by atoms with Crippen LogP contribution in [0.15, 0.2) is 27.8 Å². The summed E-state index contributed by atoms with van der Waals surface area (Å²) in [6, 6.07) is 3.70. The highest BCUT2D eigenvalue weighted by molar-refractivity contribution is 6.07. The molecule has 0 aliphatic carbocycles. The number of hydrogen-bond donors (Lipinski definition) is 2. The number of nitrogens with zero attached hydrogens (tertiary/aromatic N) is 2. The van der Waals surface area contributed by atoms with E-state index in [2.05, 4.69) is 9.72 Å². The van der Waals surface area contributed by atoms with Gasteiger partial charge in [-0.3, -0.25) is 19.1 Å². The third-order valence-electron chi connectivity index (χ3n) is 4.45. The van der Waals surface area contributed by atoms with E-state index in [1.54, 1.807) is 0 Å². The Labute approximate surface area is 183 Å². The van der Waals surface area contributed by atoms with Crippen LogP contribution < -0.4 is 31.4 Å². The van der Waals surface area contributed by atoms with Crippen molar-refractivity contribution >= 4 is 17.4 Å². The van der Waals surface area contributed by atoms with Crippen molar-refractivity contribution < 1.29 is 23.0 Å². The zero-order valence-corrected chi connectivity index (χ0v) is 18.6. The van der Waals surface area contributed by atoms with Crippen molar-refractivity contribution in [2.45, 2.75) is 40.9 Å². The molecular weight excluding hydrogens is 426 g/mol. The van der Waals surface area contributed by atoms with Crippen LogP contribution in [0.25, 0.3) is 0 Å². The van der Waals surface area contributed by atoms with E-state index in [1.807, 2.05) is 27.7 Å². The van der Waals surface area contributed by atoms with E-state index in [9.17, 15) is 23.2 Å². The second kappa shape index (κ2) is 10.3. The van der Waals surface area contributed by atoms with Gasteiger partial charge in [0.05, 0.1) is 7.11 Å². The average Bonchev–Trinajstić information content (AvgIpc) is 2.69. The number of benzene rings is 1. The number of H-pyrrole nitrogens is 1. The molecule has 0 atom stereocenters. The molecule has 1 aromatic carbocycles. The number of nitrogen functional groups attached to an aromatic ring is 1. The van der Waals surface area contributed by atoms with Crippen LogP contribution in [-0.4, -0.2) is 35.7 Å². The molecule has 0 radical (unpaired) electrons. The number of halogens is 2. The Kier molecular flexibility index (Phi) is 8.01. The molecular formula is C21H28F2N4O5. The van der Waals surface area contributed by atoms with Gasteiger partial charge < -0.3 is 20.1 Å². The molecule has 9 nitrogen and oxygen atoms in total. The van der Waals surface area contributed by atoms with E-state index in [-0.39, 0.29) is 53.5 Å². The van der Waals surface area contributed by atoms with Crippen LogP contribution in [-0.2, 0) is 6.54 Å². The molecule has 0 unspecified atom stereocenters. The number of alkyl halides is 2. The van der Waals surface area contributed by atoms with E-state index < -0.39 is 23.8 Å². The lowest BCUT2D eigenvalue weighted by molar-refractivity contribution is -0.0512. The maximum absolute atomic E-state index is 13.4. The number of aromatic nitrogens is 2. The molecule has 1 aromatic heterocycles. The molecule has 2 aromatic rings. The van der Waals surface area contributed by atoms with E-state index in [0.29, 0.717) is 0 Å². The van der Waals surface area contributed by atoms with Crippen LogP contribution in [0, 0.1) is 11.8 Å². The molecule has 11 heteroatoms. The predicted octanol–water partition coefficient (Wildman–Crippen LogP) is 2.69. The summed E-state index contributed by atoms with van der Waals surface area (Å²) >= 11 is 0. The number of nitrogens with one attached hydrogen (secondary N) is 1. The van der Waals surface area contributed by atoms with Crippen molar-refractivity contribution in [3.05, 3.63) is 44.6 Å². The minimum atomic E-state index is -3.07. The van der Waals surface area contributed by atoms with Gasteiger partial charge in [-0.2, -0.15) is 8.78 Å². The smallest absolute Gasteiger partial charge is 0.387 e. The number of ether oxygens (including phenoxy) is 2. The van der Waals surface area contributed by atoms with Gasteiger partial charge in [-0.1, -0.05) is 27.7 Å². The lowest BCUT2D eigenvalue weighted by Gasteiger charge is -2.26. The van der Waals surface area contributed by atoms with Gasteiger partial charge in [0.25, 0.3) is 11.5 Å². The number of methoxy groups -OCH3 is 1. The van der Waals surface area contributed by atoms with Gasteiger partial charge in [0.15, 0.2) is 17.2 Å². The van der Waals surface area contributed by atoms with Crippen LogP contribution in [0.5, 0.6) is 11.5 Å². The van der Waals surface area contributed by atoms with Crippen molar-refractivity contribution in [1.82, 2.24) is 9.55 Å². The summed E-state index contributed by atoms with van der Waals surface area (Å²) in [4.78, 5) is 41.7. The Morgan fingerprint density at radius 1 is 1.16 bits per heavy atom. The molecule has 32 heavy (non-hydrogen) atoms. The number of aromatic amines is 1. The van der Waals surface area contributed by atoms with Crippen LogP contribution in [0.2, 0.25) is 0 Å². The lowest BCUT2D eigenvalue weighted by atomic mass is 10.1. The second-order valence-corrected chi connectivity index (χ2v) is 8.05. The maximum atomic E-state index is 13.4. The maximum Gasteiger partial charge on any atom is 0.387 e. The monoisotopic (exact) mass is 454 g/mol. The molecule has 1 amide bonds. The first-order valence-corrected chi connectivity index (χ1v) is 10.0. The fourth-order valence-electron chi connectivity index (χ4n) is 3.18. The number of anilines is 2. The van der Waals surface area contributed by atoms with Crippen molar-refractivity contribution in [2.24, 2.45) is 11.8 Å². The van der Waals surface area contributed by atoms with Crippen LogP contribution in [0.3, 0.4) is 0 Å². The van der Waals surface area contributed by atoms with Gasteiger partial charge in [0.2, 0.25) is 0 Å². The Morgan fingerprint density at radius 2 is 1.81 bits per heavy atom. The molecule has 0 saturated carbocycles. The second-order valence-electron chi connectivity index (χ2n) is 8.05. The number of hydrogen-bond acceptors (Lipinski definition) is 6. The zero-order chi connectivity index (χ0) is 24.2.